The van der Waals surface area contributed by atoms with Gasteiger partial charge in [0.05, 0.1) is 5.56 Å². The molecule has 1 atom stereocenters. The van der Waals surface area contributed by atoms with Gasteiger partial charge in [0.2, 0.25) is 0 Å². The van der Waals surface area contributed by atoms with Gasteiger partial charge in [-0.3, -0.25) is 0 Å². The summed E-state index contributed by atoms with van der Waals surface area (Å²) < 4.78 is 0. The molecule has 1 aromatic rings. The lowest BCUT2D eigenvalue weighted by atomic mass is 10.1. The third-order valence-electron chi connectivity index (χ3n) is 3.05. The number of nitrogens with zero attached hydrogens (tertiary/aromatic N) is 3. The maximum absolute atomic E-state index is 9.13. The second-order valence-electron chi connectivity index (χ2n) is 4.49. The lowest BCUT2D eigenvalue weighted by Crippen LogP contribution is -2.29. The molecule has 1 unspecified atom stereocenters. The van der Waals surface area contributed by atoms with Crippen LogP contribution in [0.1, 0.15) is 38.4 Å². The Labute approximate surface area is 104 Å². The monoisotopic (exact) mass is 231 g/mol. The smallest absolute Gasteiger partial charge is 0.146 e. The summed E-state index contributed by atoms with van der Waals surface area (Å²) in [6.07, 6.45) is 1.14. The van der Waals surface area contributed by atoms with Gasteiger partial charge in [0.25, 0.3) is 0 Å². The Kier molecular flexibility index (Phi) is 4.96. The second-order valence-corrected chi connectivity index (χ2v) is 4.49. The van der Waals surface area contributed by atoms with E-state index in [4.69, 9.17) is 5.26 Å². The molecule has 0 amide bonds. The first-order valence-corrected chi connectivity index (χ1v) is 6.25. The van der Waals surface area contributed by atoms with E-state index in [0.29, 0.717) is 11.5 Å². The summed E-state index contributed by atoms with van der Waals surface area (Å²) in [4.78, 5) is 6.70. The zero-order valence-electron chi connectivity index (χ0n) is 11.2. The van der Waals surface area contributed by atoms with Gasteiger partial charge >= 0.3 is 0 Å². The Morgan fingerprint density at radius 3 is 2.65 bits per heavy atom. The van der Waals surface area contributed by atoms with Gasteiger partial charge in [-0.25, -0.2) is 4.98 Å². The predicted octanol–water partition coefficient (Wildman–Crippen LogP) is 3.13. The van der Waals surface area contributed by atoms with Crippen LogP contribution in [0.3, 0.4) is 0 Å². The maximum atomic E-state index is 9.13. The first-order chi connectivity index (χ1) is 8.12. The highest BCUT2D eigenvalue weighted by molar-refractivity contribution is 5.54. The normalized spacial score (nSPS) is 11.9. The Morgan fingerprint density at radius 2 is 2.12 bits per heavy atom. The Balaban J connectivity index is 3.02. The van der Waals surface area contributed by atoms with E-state index in [1.807, 2.05) is 19.1 Å². The minimum atomic E-state index is 0.615. The van der Waals surface area contributed by atoms with Crippen LogP contribution in [-0.2, 0) is 0 Å². The molecule has 17 heavy (non-hydrogen) atoms. The SMILES string of the molecule is CCC(C)CN(CC)c1nc(C)ccc1C#N. The summed E-state index contributed by atoms with van der Waals surface area (Å²) in [5, 5.41) is 9.13. The van der Waals surface area contributed by atoms with E-state index in [0.717, 1.165) is 31.0 Å². The highest BCUT2D eigenvalue weighted by Gasteiger charge is 2.13. The molecule has 0 bridgehead atoms. The van der Waals surface area contributed by atoms with E-state index in [-0.39, 0.29) is 0 Å². The fraction of sp³-hybridized carbons (Fsp3) is 0.571. The second kappa shape index (κ2) is 6.24. The van der Waals surface area contributed by atoms with Gasteiger partial charge in [-0.1, -0.05) is 20.3 Å². The molecule has 1 rings (SSSR count). The van der Waals surface area contributed by atoms with E-state index in [1.165, 1.54) is 0 Å². The molecule has 1 aromatic heterocycles. The molecule has 0 aliphatic carbocycles. The molecule has 0 aliphatic heterocycles. The van der Waals surface area contributed by atoms with E-state index in [9.17, 15) is 0 Å². The summed E-state index contributed by atoms with van der Waals surface area (Å²) in [6.45, 7) is 10.3. The highest BCUT2D eigenvalue weighted by atomic mass is 15.2. The zero-order valence-corrected chi connectivity index (χ0v) is 11.2. The lowest BCUT2D eigenvalue weighted by molar-refractivity contribution is 0.545. The van der Waals surface area contributed by atoms with Crippen LogP contribution in [0.15, 0.2) is 12.1 Å². The molecule has 0 aliphatic rings. The quantitative estimate of drug-likeness (QED) is 0.781. The van der Waals surface area contributed by atoms with Crippen molar-refractivity contribution in [3.8, 4) is 6.07 Å². The van der Waals surface area contributed by atoms with Crippen LogP contribution >= 0.6 is 0 Å². The molecular weight excluding hydrogens is 210 g/mol. The van der Waals surface area contributed by atoms with Crippen molar-refractivity contribution in [3.05, 3.63) is 23.4 Å². The van der Waals surface area contributed by atoms with Gasteiger partial charge < -0.3 is 4.90 Å². The average molecular weight is 231 g/mol. The van der Waals surface area contributed by atoms with E-state index >= 15 is 0 Å². The topological polar surface area (TPSA) is 39.9 Å². The number of hydrogen-bond acceptors (Lipinski definition) is 3. The number of anilines is 1. The molecule has 3 nitrogen and oxygen atoms in total. The Hall–Kier alpha value is -1.56. The number of nitriles is 1. The third-order valence-corrected chi connectivity index (χ3v) is 3.05. The van der Waals surface area contributed by atoms with Crippen molar-refractivity contribution in [1.29, 1.82) is 5.26 Å². The van der Waals surface area contributed by atoms with Crippen molar-refractivity contribution in [2.45, 2.75) is 34.1 Å². The lowest BCUT2D eigenvalue weighted by Gasteiger charge is -2.26. The van der Waals surface area contributed by atoms with Crippen molar-refractivity contribution in [3.63, 3.8) is 0 Å². The van der Waals surface area contributed by atoms with Crippen LogP contribution in [0.2, 0.25) is 0 Å². The molecule has 0 saturated heterocycles. The van der Waals surface area contributed by atoms with Crippen LogP contribution in [0.25, 0.3) is 0 Å². The number of pyridine rings is 1. The predicted molar refractivity (Wildman–Crippen MR) is 71.0 cm³/mol. The molecule has 0 spiro atoms. The van der Waals surface area contributed by atoms with Crippen LogP contribution in [0, 0.1) is 24.2 Å². The van der Waals surface area contributed by atoms with Gasteiger partial charge in [0, 0.05) is 18.8 Å². The van der Waals surface area contributed by atoms with Crippen molar-refractivity contribution >= 4 is 5.82 Å². The minimum Gasteiger partial charge on any atom is -0.356 e. The minimum absolute atomic E-state index is 0.615. The van der Waals surface area contributed by atoms with Crippen molar-refractivity contribution in [2.75, 3.05) is 18.0 Å². The fourth-order valence-corrected chi connectivity index (χ4v) is 1.74. The summed E-state index contributed by atoms with van der Waals surface area (Å²) in [7, 11) is 0. The van der Waals surface area contributed by atoms with Crippen molar-refractivity contribution < 1.29 is 0 Å². The molecule has 92 valence electrons. The maximum Gasteiger partial charge on any atom is 0.146 e. The molecule has 0 N–H and O–H groups in total. The molecular formula is C14H21N3. The van der Waals surface area contributed by atoms with E-state index < -0.39 is 0 Å². The molecule has 0 radical (unpaired) electrons. The average Bonchev–Trinajstić information content (AvgIpc) is 2.35. The van der Waals surface area contributed by atoms with Gasteiger partial charge in [-0.15, -0.1) is 0 Å². The molecule has 0 saturated carbocycles. The molecule has 1 heterocycles. The van der Waals surface area contributed by atoms with Crippen LogP contribution in [0.4, 0.5) is 5.82 Å². The molecule has 0 fully saturated rings. The van der Waals surface area contributed by atoms with Gasteiger partial charge in [-0.2, -0.15) is 5.26 Å². The van der Waals surface area contributed by atoms with Gasteiger partial charge in [-0.05, 0) is 31.9 Å². The number of rotatable bonds is 5. The summed E-state index contributed by atoms with van der Waals surface area (Å²) >= 11 is 0. The largest absolute Gasteiger partial charge is 0.356 e. The first-order valence-electron chi connectivity index (χ1n) is 6.25. The summed E-state index contributed by atoms with van der Waals surface area (Å²) in [6, 6.07) is 5.97. The van der Waals surface area contributed by atoms with E-state index in [1.54, 1.807) is 0 Å². The fourth-order valence-electron chi connectivity index (χ4n) is 1.74. The van der Waals surface area contributed by atoms with Crippen LogP contribution < -0.4 is 4.90 Å². The zero-order chi connectivity index (χ0) is 12.8. The van der Waals surface area contributed by atoms with E-state index in [2.05, 4.69) is 36.7 Å². The van der Waals surface area contributed by atoms with Crippen molar-refractivity contribution in [1.82, 2.24) is 4.98 Å². The van der Waals surface area contributed by atoms with Crippen LogP contribution in [-0.4, -0.2) is 18.1 Å². The van der Waals surface area contributed by atoms with Gasteiger partial charge in [0.1, 0.15) is 11.9 Å². The van der Waals surface area contributed by atoms with Crippen molar-refractivity contribution in [2.24, 2.45) is 5.92 Å². The number of hydrogen-bond donors (Lipinski definition) is 0. The highest BCUT2D eigenvalue weighted by Crippen LogP contribution is 2.19. The number of aryl methyl sites for hydroxylation is 1. The third kappa shape index (κ3) is 3.45. The number of aromatic nitrogens is 1. The summed E-state index contributed by atoms with van der Waals surface area (Å²) in [5.41, 5.74) is 1.63. The Bertz CT molecular complexity index is 406. The molecule has 3 heteroatoms. The standard InChI is InChI=1S/C14H21N3/c1-5-11(3)10-17(6-2)14-13(9-15)8-7-12(4)16-14/h7-8,11H,5-6,10H2,1-4H3. The Morgan fingerprint density at radius 1 is 1.41 bits per heavy atom. The first kappa shape index (κ1) is 13.5. The molecule has 0 aromatic carbocycles. The summed E-state index contributed by atoms with van der Waals surface area (Å²) in [5.74, 6) is 1.44. The van der Waals surface area contributed by atoms with Crippen LogP contribution in [0.5, 0.6) is 0 Å². The van der Waals surface area contributed by atoms with Gasteiger partial charge in [0.15, 0.2) is 0 Å².